The van der Waals surface area contributed by atoms with E-state index in [-0.39, 0.29) is 36.1 Å². The standard InChI is InChI=1S/C28H39F3N4O7/c1-13(10-27(29,30)31)33-11-15-8-18(34(2)3)16-6-14-7-17(19(12-36)35(4)5)28(42,20(37)9-21(32)38)26(41)22(14)25(40)23(16)24(15)39/h8,13-14,17,19,33,36,39-40,42H,6-7,9-12H2,1-5H3,(H2,32,38)/t13?,14-,17-,19+,28+/m0/s1. The number of nitrogens with one attached hydrogen (secondary N) is 1. The molecule has 0 saturated heterocycles. The quantitative estimate of drug-likeness (QED) is 0.201. The Balaban J connectivity index is 2.19. The number of aliphatic hydroxyl groups excluding tert-OH is 2. The molecule has 3 rings (SSSR count). The molecule has 0 heterocycles. The van der Waals surface area contributed by atoms with E-state index in [1.807, 2.05) is 0 Å². The largest absolute Gasteiger partial charge is 0.507 e. The summed E-state index contributed by atoms with van der Waals surface area (Å²) in [6.45, 7) is 0.619. The van der Waals surface area contributed by atoms with E-state index in [0.717, 1.165) is 0 Å². The minimum absolute atomic E-state index is 0.0408. The molecule has 1 unspecified atom stereocenters. The molecule has 0 spiro atoms. The number of likely N-dealkylation sites (N-methyl/N-ethyl adjacent to an activating group) is 1. The predicted molar refractivity (Wildman–Crippen MR) is 148 cm³/mol. The number of nitrogens with two attached hydrogens (primary N) is 1. The van der Waals surface area contributed by atoms with Crippen molar-refractivity contribution in [3.8, 4) is 5.75 Å². The van der Waals surface area contributed by atoms with Gasteiger partial charge in [0.25, 0.3) is 0 Å². The zero-order valence-corrected chi connectivity index (χ0v) is 24.2. The van der Waals surface area contributed by atoms with Crippen molar-refractivity contribution < 1.29 is 48.0 Å². The van der Waals surface area contributed by atoms with Gasteiger partial charge in [0.1, 0.15) is 11.5 Å². The molecule has 42 heavy (non-hydrogen) atoms. The lowest BCUT2D eigenvalue weighted by Gasteiger charge is -2.47. The second-order valence-corrected chi connectivity index (χ2v) is 11.6. The van der Waals surface area contributed by atoms with Crippen LogP contribution < -0.4 is 16.0 Å². The van der Waals surface area contributed by atoms with Crippen LogP contribution in [-0.2, 0) is 27.3 Å². The Hall–Kier alpha value is -3.20. The molecular formula is C28H39F3N4O7. The number of anilines is 1. The van der Waals surface area contributed by atoms with E-state index < -0.39 is 84.1 Å². The number of phenolic OH excluding ortho intramolecular Hbond substituents is 1. The van der Waals surface area contributed by atoms with Crippen molar-refractivity contribution in [2.45, 2.75) is 63.0 Å². The minimum Gasteiger partial charge on any atom is -0.507 e. The van der Waals surface area contributed by atoms with Crippen LogP contribution >= 0.6 is 0 Å². The number of ketones is 2. The topological polar surface area (TPSA) is 177 Å². The van der Waals surface area contributed by atoms with E-state index in [2.05, 4.69) is 5.32 Å². The lowest BCUT2D eigenvalue weighted by molar-refractivity contribution is -0.163. The van der Waals surface area contributed by atoms with Gasteiger partial charge in [-0.25, -0.2) is 0 Å². The van der Waals surface area contributed by atoms with Gasteiger partial charge in [0, 0.05) is 55.5 Å². The number of benzene rings is 1. The van der Waals surface area contributed by atoms with Crippen molar-refractivity contribution in [2.24, 2.45) is 17.6 Å². The Morgan fingerprint density at radius 3 is 2.33 bits per heavy atom. The Morgan fingerprint density at radius 1 is 1.21 bits per heavy atom. The van der Waals surface area contributed by atoms with Gasteiger partial charge >= 0.3 is 6.18 Å². The van der Waals surface area contributed by atoms with E-state index in [1.165, 1.54) is 6.92 Å². The van der Waals surface area contributed by atoms with Crippen molar-refractivity contribution in [1.82, 2.24) is 10.2 Å². The first-order valence-electron chi connectivity index (χ1n) is 13.5. The summed E-state index contributed by atoms with van der Waals surface area (Å²) in [6.07, 6.45) is -6.41. The molecule has 1 fully saturated rings. The summed E-state index contributed by atoms with van der Waals surface area (Å²) in [7, 11) is 6.60. The van der Waals surface area contributed by atoms with Crippen LogP contribution in [0.1, 0.15) is 42.9 Å². The number of carbonyl (C=O) groups is 3. The Morgan fingerprint density at radius 2 is 1.83 bits per heavy atom. The van der Waals surface area contributed by atoms with Gasteiger partial charge in [-0.15, -0.1) is 0 Å². The number of nitrogens with zero attached hydrogens (tertiary/aromatic N) is 2. The van der Waals surface area contributed by atoms with Crippen LogP contribution in [0, 0.1) is 11.8 Å². The van der Waals surface area contributed by atoms with E-state index in [9.17, 15) is 48.0 Å². The summed E-state index contributed by atoms with van der Waals surface area (Å²) in [5.74, 6) is -6.46. The van der Waals surface area contributed by atoms with Crippen LogP contribution in [0.2, 0.25) is 0 Å². The van der Waals surface area contributed by atoms with Crippen LogP contribution in [-0.4, -0.2) is 101 Å². The van der Waals surface area contributed by atoms with E-state index in [1.54, 1.807) is 44.1 Å². The smallest absolute Gasteiger partial charge is 0.390 e. The molecule has 7 N–H and O–H groups in total. The van der Waals surface area contributed by atoms with Gasteiger partial charge in [-0.2, -0.15) is 13.2 Å². The van der Waals surface area contributed by atoms with Crippen LogP contribution in [0.15, 0.2) is 11.6 Å². The number of rotatable bonds is 11. The maximum atomic E-state index is 14.0. The van der Waals surface area contributed by atoms with Crippen LogP contribution in [0.25, 0.3) is 5.76 Å². The first-order chi connectivity index (χ1) is 19.3. The van der Waals surface area contributed by atoms with Gasteiger partial charge in [-0.05, 0) is 51.4 Å². The average Bonchev–Trinajstić information content (AvgIpc) is 2.84. The Bertz CT molecular complexity index is 1280. The number of alkyl halides is 3. The molecule has 1 aromatic carbocycles. The molecule has 1 aromatic rings. The average molecular weight is 601 g/mol. The van der Waals surface area contributed by atoms with E-state index >= 15 is 0 Å². The highest BCUT2D eigenvalue weighted by atomic mass is 19.4. The molecule has 0 radical (unpaired) electrons. The number of fused-ring (bicyclic) bond motifs is 2. The van der Waals surface area contributed by atoms with Gasteiger partial charge in [0.2, 0.25) is 11.7 Å². The first-order valence-corrected chi connectivity index (χ1v) is 13.5. The highest BCUT2D eigenvalue weighted by Crippen LogP contribution is 2.51. The number of halogens is 3. The molecule has 2 aliphatic rings. The van der Waals surface area contributed by atoms with Crippen molar-refractivity contribution >= 4 is 28.9 Å². The number of primary amides is 1. The van der Waals surface area contributed by atoms with Gasteiger partial charge in [-0.1, -0.05) is 0 Å². The number of carbonyl (C=O) groups excluding carboxylic acids is 3. The number of hydrogen-bond acceptors (Lipinski definition) is 10. The fourth-order valence-electron chi connectivity index (χ4n) is 6.18. The van der Waals surface area contributed by atoms with Crippen LogP contribution in [0.3, 0.4) is 0 Å². The molecule has 0 aliphatic heterocycles. The molecule has 14 heteroatoms. The Labute approximate surface area is 241 Å². The lowest BCUT2D eigenvalue weighted by Crippen LogP contribution is -2.64. The molecule has 0 bridgehead atoms. The van der Waals surface area contributed by atoms with Gasteiger partial charge in [0.05, 0.1) is 25.0 Å². The lowest BCUT2D eigenvalue weighted by atomic mass is 9.59. The van der Waals surface area contributed by atoms with Crippen molar-refractivity contribution in [3.05, 3.63) is 28.3 Å². The molecule has 11 nitrogen and oxygen atoms in total. The highest BCUT2D eigenvalue weighted by molar-refractivity contribution is 6.23. The summed E-state index contributed by atoms with van der Waals surface area (Å²) in [4.78, 5) is 42.1. The zero-order valence-electron chi connectivity index (χ0n) is 24.2. The fraction of sp³-hybridized carbons (Fsp3) is 0.607. The third-order valence-corrected chi connectivity index (χ3v) is 8.21. The molecule has 0 aromatic heterocycles. The summed E-state index contributed by atoms with van der Waals surface area (Å²) < 4.78 is 38.5. The van der Waals surface area contributed by atoms with E-state index in [0.29, 0.717) is 11.3 Å². The highest BCUT2D eigenvalue weighted by Gasteiger charge is 2.60. The Kier molecular flexibility index (Phi) is 9.67. The summed E-state index contributed by atoms with van der Waals surface area (Å²) >= 11 is 0. The maximum absolute atomic E-state index is 14.0. The second kappa shape index (κ2) is 12.2. The van der Waals surface area contributed by atoms with Gasteiger partial charge in [-0.3, -0.25) is 14.4 Å². The number of aromatic hydroxyl groups is 1. The van der Waals surface area contributed by atoms with E-state index in [4.69, 9.17) is 5.73 Å². The monoisotopic (exact) mass is 600 g/mol. The third-order valence-electron chi connectivity index (χ3n) is 8.21. The number of phenols is 1. The predicted octanol–water partition coefficient (Wildman–Crippen LogP) is 1.02. The molecule has 1 saturated carbocycles. The normalized spacial score (nSPS) is 23.8. The number of Topliss-reactive ketones (excluding diaryl/α,β-unsaturated/α-hetero) is 2. The maximum Gasteiger partial charge on any atom is 0.390 e. The molecule has 5 atom stereocenters. The minimum atomic E-state index is -4.40. The number of amides is 1. The van der Waals surface area contributed by atoms with Crippen LogP contribution in [0.5, 0.6) is 5.75 Å². The summed E-state index contributed by atoms with van der Waals surface area (Å²) in [5.41, 5.74) is 3.10. The molecule has 2 aliphatic carbocycles. The first kappa shape index (κ1) is 33.3. The molecule has 1 amide bonds. The van der Waals surface area contributed by atoms with Crippen molar-refractivity contribution in [3.63, 3.8) is 0 Å². The summed E-state index contributed by atoms with van der Waals surface area (Å²) in [6, 6.07) is -0.279. The third kappa shape index (κ3) is 6.26. The zero-order chi connectivity index (χ0) is 31.9. The fourth-order valence-corrected chi connectivity index (χ4v) is 6.18. The second-order valence-electron chi connectivity index (χ2n) is 11.6. The number of hydrogen-bond donors (Lipinski definition) is 6. The van der Waals surface area contributed by atoms with Crippen molar-refractivity contribution in [2.75, 3.05) is 39.7 Å². The molecular weight excluding hydrogens is 561 g/mol. The molecule has 234 valence electrons. The van der Waals surface area contributed by atoms with Gasteiger partial charge in [0.15, 0.2) is 11.4 Å². The van der Waals surface area contributed by atoms with Gasteiger partial charge < -0.3 is 41.3 Å². The number of aliphatic hydroxyl groups is 3. The SMILES string of the molecule is CC(CC(F)(F)F)NCc1cc(N(C)C)c2c(c1O)C(O)=C1C(=O)[C@](O)(C(=O)CC(N)=O)[C@H]([C@@H](CO)N(C)C)C[C@@H]1C2. The van der Waals surface area contributed by atoms with Crippen molar-refractivity contribution in [1.29, 1.82) is 0 Å². The summed E-state index contributed by atoms with van der Waals surface area (Å²) in [5, 5.41) is 47.3. The van der Waals surface area contributed by atoms with Crippen LogP contribution in [0.4, 0.5) is 18.9 Å².